The lowest BCUT2D eigenvalue weighted by atomic mass is 9.84. The maximum absolute atomic E-state index is 5.57. The van der Waals surface area contributed by atoms with Gasteiger partial charge in [-0.15, -0.1) is 0 Å². The van der Waals surface area contributed by atoms with Crippen molar-refractivity contribution in [3.63, 3.8) is 0 Å². The highest BCUT2D eigenvalue weighted by atomic mass is 17.2. The van der Waals surface area contributed by atoms with Crippen molar-refractivity contribution in [1.82, 2.24) is 0 Å². The Hall–Kier alpha value is -0.0800. The van der Waals surface area contributed by atoms with Crippen LogP contribution in [0.3, 0.4) is 0 Å². The number of hydrogen-bond donors (Lipinski definition) is 0. The van der Waals surface area contributed by atoms with Gasteiger partial charge < -0.3 is 0 Å². The summed E-state index contributed by atoms with van der Waals surface area (Å²) in [6.45, 7) is 18.5. The molecule has 0 aromatic rings. The molecule has 0 radical (unpaired) electrons. The fraction of sp³-hybridized carbons (Fsp3) is 1.00. The molecular weight excluding hydrogens is 248 g/mol. The van der Waals surface area contributed by atoms with Crippen LogP contribution in [0.15, 0.2) is 0 Å². The Morgan fingerprint density at radius 3 is 1.70 bits per heavy atom. The lowest BCUT2D eigenvalue weighted by Gasteiger charge is -2.30. The molecular formula is C18H38O2. The van der Waals surface area contributed by atoms with Crippen LogP contribution in [0, 0.1) is 10.8 Å². The van der Waals surface area contributed by atoms with E-state index in [1.165, 1.54) is 25.7 Å². The molecule has 20 heavy (non-hydrogen) atoms. The molecule has 0 atom stereocenters. The van der Waals surface area contributed by atoms with Gasteiger partial charge in [0.05, 0.1) is 12.2 Å². The Bertz CT molecular complexity index is 243. The lowest BCUT2D eigenvalue weighted by molar-refractivity contribution is -0.358. The molecule has 0 N–H and O–H groups in total. The Balaban J connectivity index is 3.53. The minimum absolute atomic E-state index is 0.204. The summed E-state index contributed by atoms with van der Waals surface area (Å²) in [5.74, 6) is 0. The van der Waals surface area contributed by atoms with E-state index in [9.17, 15) is 0 Å². The predicted molar refractivity (Wildman–Crippen MR) is 87.7 cm³/mol. The van der Waals surface area contributed by atoms with Crippen molar-refractivity contribution in [3.8, 4) is 0 Å². The van der Waals surface area contributed by atoms with E-state index in [4.69, 9.17) is 9.78 Å². The average Bonchev–Trinajstić information content (AvgIpc) is 2.16. The monoisotopic (exact) mass is 286 g/mol. The first kappa shape index (κ1) is 19.9. The molecule has 0 aromatic carbocycles. The van der Waals surface area contributed by atoms with Gasteiger partial charge in [-0.3, -0.25) is 0 Å². The van der Waals surface area contributed by atoms with Gasteiger partial charge in [0.25, 0.3) is 0 Å². The van der Waals surface area contributed by atoms with Crippen LogP contribution in [0.1, 0.15) is 93.9 Å². The molecule has 0 aliphatic carbocycles. The third-order valence-electron chi connectivity index (χ3n) is 3.15. The quantitative estimate of drug-likeness (QED) is 0.288. The summed E-state index contributed by atoms with van der Waals surface area (Å²) in [7, 11) is 0. The van der Waals surface area contributed by atoms with Crippen molar-refractivity contribution in [2.75, 3.05) is 6.61 Å². The van der Waals surface area contributed by atoms with Crippen LogP contribution in [0.2, 0.25) is 0 Å². The summed E-state index contributed by atoms with van der Waals surface area (Å²) in [5.41, 5.74) is 0.529. The summed E-state index contributed by atoms with van der Waals surface area (Å²) in [4.78, 5) is 11.0. The first-order valence-electron chi connectivity index (χ1n) is 8.22. The SMILES string of the molecule is CC(C)(C)CCCCCCOOC(C)(C)CC(C)(C)C. The van der Waals surface area contributed by atoms with Crippen LogP contribution >= 0.6 is 0 Å². The van der Waals surface area contributed by atoms with Crippen molar-refractivity contribution < 1.29 is 9.78 Å². The number of unbranched alkanes of at least 4 members (excludes halogenated alkanes) is 3. The molecule has 2 heteroatoms. The summed E-state index contributed by atoms with van der Waals surface area (Å²) in [5, 5.41) is 0. The van der Waals surface area contributed by atoms with E-state index >= 15 is 0 Å². The maximum atomic E-state index is 5.57. The number of hydrogen-bond acceptors (Lipinski definition) is 2. The predicted octanol–water partition coefficient (Wildman–Crippen LogP) is 6.15. The van der Waals surface area contributed by atoms with Gasteiger partial charge in [-0.1, -0.05) is 60.8 Å². The Kier molecular flexibility index (Phi) is 8.35. The van der Waals surface area contributed by atoms with Crippen molar-refractivity contribution >= 4 is 0 Å². The second-order valence-corrected chi connectivity index (χ2v) is 9.13. The van der Waals surface area contributed by atoms with E-state index in [-0.39, 0.29) is 11.0 Å². The number of rotatable bonds is 9. The zero-order valence-electron chi connectivity index (χ0n) is 15.3. The van der Waals surface area contributed by atoms with Gasteiger partial charge in [0.2, 0.25) is 0 Å². The van der Waals surface area contributed by atoms with Crippen LogP contribution in [-0.4, -0.2) is 12.2 Å². The molecule has 2 nitrogen and oxygen atoms in total. The van der Waals surface area contributed by atoms with Crippen LogP contribution in [0.4, 0.5) is 0 Å². The standard InChI is InChI=1S/C18H38O2/c1-16(2,3)13-11-9-10-12-14-19-20-18(7,8)15-17(4,5)6/h9-15H2,1-8H3. The Morgan fingerprint density at radius 2 is 1.20 bits per heavy atom. The van der Waals surface area contributed by atoms with Crippen LogP contribution < -0.4 is 0 Å². The molecule has 0 amide bonds. The van der Waals surface area contributed by atoms with Crippen molar-refractivity contribution in [2.45, 2.75) is 99.5 Å². The largest absolute Gasteiger partial charge is 0.236 e. The average molecular weight is 286 g/mol. The summed E-state index contributed by atoms with van der Waals surface area (Å²) in [6, 6.07) is 0. The molecule has 0 saturated heterocycles. The van der Waals surface area contributed by atoms with E-state index in [0.717, 1.165) is 12.8 Å². The summed E-state index contributed by atoms with van der Waals surface area (Å²) >= 11 is 0. The fourth-order valence-electron chi connectivity index (χ4n) is 2.68. The van der Waals surface area contributed by atoms with Crippen molar-refractivity contribution in [2.24, 2.45) is 10.8 Å². The van der Waals surface area contributed by atoms with Gasteiger partial charge in [0.1, 0.15) is 0 Å². The van der Waals surface area contributed by atoms with Gasteiger partial charge >= 0.3 is 0 Å². The van der Waals surface area contributed by atoms with Crippen molar-refractivity contribution in [3.05, 3.63) is 0 Å². The summed E-state index contributed by atoms with van der Waals surface area (Å²) < 4.78 is 0. The molecule has 0 spiro atoms. The molecule has 0 saturated carbocycles. The van der Waals surface area contributed by atoms with Crippen LogP contribution in [0.25, 0.3) is 0 Å². The smallest absolute Gasteiger partial charge is 0.0985 e. The maximum Gasteiger partial charge on any atom is 0.0985 e. The highest BCUT2D eigenvalue weighted by Crippen LogP contribution is 2.29. The zero-order valence-corrected chi connectivity index (χ0v) is 15.3. The molecule has 0 heterocycles. The molecule has 0 fully saturated rings. The van der Waals surface area contributed by atoms with E-state index in [1.807, 2.05) is 0 Å². The van der Waals surface area contributed by atoms with Gasteiger partial charge in [-0.05, 0) is 43.9 Å². The first-order chi connectivity index (χ1) is 8.91. The van der Waals surface area contributed by atoms with E-state index < -0.39 is 0 Å². The second-order valence-electron chi connectivity index (χ2n) is 9.13. The zero-order chi connectivity index (χ0) is 15.9. The lowest BCUT2D eigenvalue weighted by Crippen LogP contribution is -2.30. The van der Waals surface area contributed by atoms with Gasteiger partial charge in [-0.25, -0.2) is 9.78 Å². The highest BCUT2D eigenvalue weighted by Gasteiger charge is 2.27. The minimum Gasteiger partial charge on any atom is -0.236 e. The first-order valence-corrected chi connectivity index (χ1v) is 8.22. The van der Waals surface area contributed by atoms with Gasteiger partial charge in [0, 0.05) is 0 Å². The molecule has 0 aliphatic heterocycles. The van der Waals surface area contributed by atoms with Gasteiger partial charge in [0.15, 0.2) is 0 Å². The van der Waals surface area contributed by atoms with E-state index in [1.54, 1.807) is 0 Å². The molecule has 0 aromatic heterocycles. The second kappa shape index (κ2) is 8.38. The molecule has 0 aliphatic rings. The van der Waals surface area contributed by atoms with Crippen molar-refractivity contribution in [1.29, 1.82) is 0 Å². The highest BCUT2D eigenvalue weighted by molar-refractivity contribution is 4.75. The topological polar surface area (TPSA) is 18.5 Å². The molecule has 122 valence electrons. The fourth-order valence-corrected chi connectivity index (χ4v) is 2.68. The van der Waals surface area contributed by atoms with E-state index in [2.05, 4.69) is 55.4 Å². The van der Waals surface area contributed by atoms with Crippen LogP contribution in [0.5, 0.6) is 0 Å². The third-order valence-corrected chi connectivity index (χ3v) is 3.15. The normalized spacial score (nSPS) is 13.8. The molecule has 0 unspecified atom stereocenters. The third kappa shape index (κ3) is 14.3. The Labute approximate surface area is 127 Å². The van der Waals surface area contributed by atoms with Crippen LogP contribution in [-0.2, 0) is 9.78 Å². The van der Waals surface area contributed by atoms with E-state index in [0.29, 0.717) is 12.0 Å². The van der Waals surface area contributed by atoms with Gasteiger partial charge in [-0.2, -0.15) is 0 Å². The molecule has 0 bridgehead atoms. The molecule has 0 rings (SSSR count). The minimum atomic E-state index is -0.204. The summed E-state index contributed by atoms with van der Waals surface area (Å²) in [6.07, 6.45) is 7.25. The Morgan fingerprint density at radius 1 is 0.650 bits per heavy atom.